The second-order valence-electron chi connectivity index (χ2n) is 3.94. The zero-order chi connectivity index (χ0) is 11.8. The molecule has 1 unspecified atom stereocenters. The number of amides is 1. The van der Waals surface area contributed by atoms with E-state index >= 15 is 0 Å². The number of hydrogen-bond acceptors (Lipinski definition) is 1. The van der Waals surface area contributed by atoms with Gasteiger partial charge in [0.1, 0.15) is 0 Å². The van der Waals surface area contributed by atoms with Gasteiger partial charge in [-0.15, -0.1) is 0 Å². The lowest BCUT2D eigenvalue weighted by molar-refractivity contribution is -0.120. The van der Waals surface area contributed by atoms with Crippen LogP contribution in [0.5, 0.6) is 0 Å². The fraction of sp³-hybridized carbons (Fsp3) is 0.909. The van der Waals surface area contributed by atoms with Crippen LogP contribution >= 0.6 is 23.2 Å². The summed E-state index contributed by atoms with van der Waals surface area (Å²) in [6.45, 7) is 6.33. The fourth-order valence-corrected chi connectivity index (χ4v) is 1.92. The summed E-state index contributed by atoms with van der Waals surface area (Å²) in [5.41, 5.74) is 0. The van der Waals surface area contributed by atoms with Crippen molar-refractivity contribution in [3.05, 3.63) is 0 Å². The minimum absolute atomic E-state index is 0.150. The molecular weight excluding hydrogens is 233 g/mol. The van der Waals surface area contributed by atoms with Gasteiger partial charge in [-0.25, -0.2) is 0 Å². The van der Waals surface area contributed by atoms with Crippen molar-refractivity contribution in [1.29, 1.82) is 0 Å². The largest absolute Gasteiger partial charge is 0.351 e. The van der Waals surface area contributed by atoms with E-state index in [-0.39, 0.29) is 11.9 Å². The summed E-state index contributed by atoms with van der Waals surface area (Å²) in [5.74, 6) is 0.235. The van der Waals surface area contributed by atoms with E-state index in [1.807, 2.05) is 6.92 Å². The van der Waals surface area contributed by atoms with Crippen LogP contribution in [0.15, 0.2) is 0 Å². The topological polar surface area (TPSA) is 29.1 Å². The Balaban J connectivity index is 4.11. The van der Waals surface area contributed by atoms with Crippen LogP contribution in [0, 0.1) is 5.92 Å². The van der Waals surface area contributed by atoms with E-state index in [9.17, 15) is 4.79 Å². The molecule has 1 amide bonds. The molecule has 0 bridgehead atoms. The highest BCUT2D eigenvalue weighted by molar-refractivity contribution is 6.53. The molecule has 1 N–H and O–H groups in total. The van der Waals surface area contributed by atoms with Crippen molar-refractivity contribution < 1.29 is 4.79 Å². The Kier molecular flexibility index (Phi) is 8.26. The molecule has 0 radical (unpaired) electrons. The maximum atomic E-state index is 11.3. The minimum atomic E-state index is -0.962. The van der Waals surface area contributed by atoms with Gasteiger partial charge in [-0.1, -0.05) is 49.9 Å². The summed E-state index contributed by atoms with van der Waals surface area (Å²) in [7, 11) is 0. The van der Waals surface area contributed by atoms with Crippen LogP contribution in [0.4, 0.5) is 0 Å². The summed E-state index contributed by atoms with van der Waals surface area (Å²) in [6, 6.07) is 0.150. The van der Waals surface area contributed by atoms with Crippen LogP contribution in [-0.2, 0) is 4.79 Å². The van der Waals surface area contributed by atoms with E-state index in [1.165, 1.54) is 0 Å². The lowest BCUT2D eigenvalue weighted by Gasteiger charge is -2.24. The van der Waals surface area contributed by atoms with Gasteiger partial charge in [0.2, 0.25) is 0 Å². The predicted molar refractivity (Wildman–Crippen MR) is 66.4 cm³/mol. The quantitative estimate of drug-likeness (QED) is 0.692. The predicted octanol–water partition coefficient (Wildman–Crippen LogP) is 3.51. The smallest absolute Gasteiger partial charge is 0.253 e. The van der Waals surface area contributed by atoms with Crippen LogP contribution < -0.4 is 5.32 Å². The van der Waals surface area contributed by atoms with Crippen LogP contribution in [0.25, 0.3) is 0 Å². The summed E-state index contributed by atoms with van der Waals surface area (Å²) < 4.78 is 0. The van der Waals surface area contributed by atoms with Crippen molar-refractivity contribution in [2.45, 2.75) is 57.3 Å². The maximum absolute atomic E-state index is 11.3. The van der Waals surface area contributed by atoms with Gasteiger partial charge in [0.05, 0.1) is 0 Å². The van der Waals surface area contributed by atoms with Gasteiger partial charge in [-0.05, 0) is 25.7 Å². The molecule has 0 heterocycles. The highest BCUT2D eigenvalue weighted by Crippen LogP contribution is 2.18. The maximum Gasteiger partial charge on any atom is 0.253 e. The van der Waals surface area contributed by atoms with E-state index in [0.29, 0.717) is 5.92 Å². The number of alkyl halides is 2. The molecule has 90 valence electrons. The molecule has 0 spiro atoms. The van der Waals surface area contributed by atoms with E-state index in [1.54, 1.807) is 0 Å². The molecule has 0 aromatic carbocycles. The average Bonchev–Trinajstić information content (AvgIpc) is 2.17. The first kappa shape index (κ1) is 15.0. The third-order valence-electron chi connectivity index (χ3n) is 2.59. The molecular formula is C11H21Cl2NO. The van der Waals surface area contributed by atoms with Crippen LogP contribution in [0.1, 0.15) is 46.5 Å². The molecule has 0 aliphatic heterocycles. The molecule has 0 rings (SSSR count). The molecule has 2 nitrogen and oxygen atoms in total. The number of nitrogens with one attached hydrogen (secondary N) is 1. The monoisotopic (exact) mass is 253 g/mol. The van der Waals surface area contributed by atoms with E-state index in [2.05, 4.69) is 19.2 Å². The van der Waals surface area contributed by atoms with Crippen molar-refractivity contribution in [3.63, 3.8) is 0 Å². The van der Waals surface area contributed by atoms with Gasteiger partial charge in [0.15, 0.2) is 4.84 Å². The number of hydrogen-bond donors (Lipinski definition) is 1. The van der Waals surface area contributed by atoms with Gasteiger partial charge in [-0.3, -0.25) is 4.79 Å². The van der Waals surface area contributed by atoms with Crippen molar-refractivity contribution in [2.75, 3.05) is 0 Å². The molecule has 0 aliphatic rings. The second kappa shape index (κ2) is 8.23. The Morgan fingerprint density at radius 3 is 2.00 bits per heavy atom. The Hall–Kier alpha value is 0.0500. The first-order chi connectivity index (χ1) is 7.02. The molecule has 0 aliphatic carbocycles. The number of carbonyl (C=O) groups is 1. The fourth-order valence-electron chi connectivity index (χ4n) is 1.79. The number of carbonyl (C=O) groups excluding carboxylic acids is 1. The molecule has 0 saturated heterocycles. The van der Waals surface area contributed by atoms with Crippen LogP contribution in [0.3, 0.4) is 0 Å². The Morgan fingerprint density at radius 1 is 1.20 bits per heavy atom. The summed E-state index contributed by atoms with van der Waals surface area (Å²) in [4.78, 5) is 10.3. The standard InChI is InChI=1S/C11H21Cl2NO/c1-4-6-9(7-5-2)8(3)14-11(15)10(12)13/h8-10H,4-7H2,1-3H3,(H,14,15). The van der Waals surface area contributed by atoms with Gasteiger partial charge < -0.3 is 5.32 Å². The van der Waals surface area contributed by atoms with Crippen molar-refractivity contribution >= 4 is 29.1 Å². The number of halogens is 2. The first-order valence-electron chi connectivity index (χ1n) is 5.61. The third-order valence-corrected chi connectivity index (χ3v) is 2.99. The van der Waals surface area contributed by atoms with Crippen molar-refractivity contribution in [1.82, 2.24) is 5.32 Å². The SMILES string of the molecule is CCCC(CCC)C(C)NC(=O)C(Cl)Cl. The van der Waals surface area contributed by atoms with Gasteiger partial charge >= 0.3 is 0 Å². The van der Waals surface area contributed by atoms with Gasteiger partial charge in [-0.2, -0.15) is 0 Å². The van der Waals surface area contributed by atoms with E-state index in [4.69, 9.17) is 23.2 Å². The van der Waals surface area contributed by atoms with Gasteiger partial charge in [0, 0.05) is 6.04 Å². The first-order valence-corrected chi connectivity index (χ1v) is 6.48. The van der Waals surface area contributed by atoms with E-state index in [0.717, 1.165) is 25.7 Å². The minimum Gasteiger partial charge on any atom is -0.351 e. The summed E-state index contributed by atoms with van der Waals surface area (Å²) in [6.07, 6.45) is 4.53. The molecule has 0 fully saturated rings. The lowest BCUT2D eigenvalue weighted by Crippen LogP contribution is -2.40. The van der Waals surface area contributed by atoms with E-state index < -0.39 is 4.84 Å². The normalized spacial score (nSPS) is 13.3. The molecule has 15 heavy (non-hydrogen) atoms. The van der Waals surface area contributed by atoms with Crippen LogP contribution in [0.2, 0.25) is 0 Å². The summed E-state index contributed by atoms with van der Waals surface area (Å²) in [5, 5.41) is 2.85. The Morgan fingerprint density at radius 2 is 1.67 bits per heavy atom. The van der Waals surface area contributed by atoms with Crippen molar-refractivity contribution in [2.24, 2.45) is 5.92 Å². The zero-order valence-electron chi connectivity index (χ0n) is 9.72. The lowest BCUT2D eigenvalue weighted by atomic mass is 9.91. The highest BCUT2D eigenvalue weighted by Gasteiger charge is 2.20. The Bertz CT molecular complexity index is 179. The van der Waals surface area contributed by atoms with Crippen molar-refractivity contribution in [3.8, 4) is 0 Å². The zero-order valence-corrected chi connectivity index (χ0v) is 11.2. The molecule has 0 aromatic rings. The molecule has 0 aromatic heterocycles. The third kappa shape index (κ3) is 6.26. The summed E-state index contributed by atoms with van der Waals surface area (Å²) >= 11 is 11.0. The van der Waals surface area contributed by atoms with Gasteiger partial charge in [0.25, 0.3) is 5.91 Å². The second-order valence-corrected chi connectivity index (χ2v) is 5.03. The molecule has 4 heteroatoms. The number of rotatable bonds is 7. The molecule has 0 saturated carbocycles. The average molecular weight is 254 g/mol. The highest BCUT2D eigenvalue weighted by atomic mass is 35.5. The Labute approximate surface area is 103 Å². The van der Waals surface area contributed by atoms with Crippen LogP contribution in [-0.4, -0.2) is 16.8 Å². The molecule has 1 atom stereocenters.